The Bertz CT molecular complexity index is 979. The minimum atomic E-state index is 0.172. The molecule has 0 fully saturated rings. The molecule has 2 heterocycles. The summed E-state index contributed by atoms with van der Waals surface area (Å²) in [6.45, 7) is 0. The fourth-order valence-electron chi connectivity index (χ4n) is 2.75. The predicted molar refractivity (Wildman–Crippen MR) is 102 cm³/mol. The minimum Gasteiger partial charge on any atom is -0.493 e. The SMILES string of the molecule is COc1ccc(-c2cc(-c3cccs3)c(C#N)c(N)n2)c(OC)c1OC. The van der Waals surface area contributed by atoms with Crippen molar-refractivity contribution in [2.45, 2.75) is 0 Å². The van der Waals surface area contributed by atoms with Gasteiger partial charge in [-0.1, -0.05) is 6.07 Å². The summed E-state index contributed by atoms with van der Waals surface area (Å²) in [6, 6.07) is 11.4. The zero-order valence-corrected chi connectivity index (χ0v) is 15.4. The molecular weight excluding hydrogens is 350 g/mol. The van der Waals surface area contributed by atoms with Crippen LogP contribution in [0.2, 0.25) is 0 Å². The Morgan fingerprint density at radius 2 is 1.81 bits per heavy atom. The van der Waals surface area contributed by atoms with Gasteiger partial charge in [0.15, 0.2) is 11.5 Å². The lowest BCUT2D eigenvalue weighted by Crippen LogP contribution is -2.01. The third-order valence-corrected chi connectivity index (χ3v) is 4.83. The van der Waals surface area contributed by atoms with E-state index in [0.717, 1.165) is 10.4 Å². The molecular formula is C19H17N3O3S. The van der Waals surface area contributed by atoms with Crippen LogP contribution in [0, 0.1) is 11.3 Å². The topological polar surface area (TPSA) is 90.4 Å². The second-order valence-corrected chi connectivity index (χ2v) is 6.23. The molecule has 0 radical (unpaired) electrons. The molecule has 0 aliphatic carbocycles. The van der Waals surface area contributed by atoms with Crippen LogP contribution in [0.25, 0.3) is 21.7 Å². The molecule has 0 aliphatic heterocycles. The Hall–Kier alpha value is -3.24. The second kappa shape index (κ2) is 7.33. The molecule has 7 heteroatoms. The number of hydrogen-bond acceptors (Lipinski definition) is 7. The number of hydrogen-bond donors (Lipinski definition) is 1. The molecule has 3 rings (SSSR count). The molecule has 0 atom stereocenters. The van der Waals surface area contributed by atoms with Gasteiger partial charge in [0, 0.05) is 16.0 Å². The summed E-state index contributed by atoms with van der Waals surface area (Å²) in [5.74, 6) is 1.67. The van der Waals surface area contributed by atoms with Crippen LogP contribution < -0.4 is 19.9 Å². The quantitative estimate of drug-likeness (QED) is 0.734. The smallest absolute Gasteiger partial charge is 0.203 e. The van der Waals surface area contributed by atoms with Gasteiger partial charge in [-0.15, -0.1) is 11.3 Å². The molecule has 0 amide bonds. The molecule has 0 saturated carbocycles. The third-order valence-electron chi connectivity index (χ3n) is 3.93. The van der Waals surface area contributed by atoms with Crippen molar-refractivity contribution in [3.8, 4) is 45.0 Å². The molecule has 132 valence electrons. The lowest BCUT2D eigenvalue weighted by Gasteiger charge is -2.16. The van der Waals surface area contributed by atoms with Crippen LogP contribution >= 0.6 is 11.3 Å². The van der Waals surface area contributed by atoms with Gasteiger partial charge in [0.1, 0.15) is 17.5 Å². The van der Waals surface area contributed by atoms with E-state index in [4.69, 9.17) is 19.9 Å². The van der Waals surface area contributed by atoms with Gasteiger partial charge in [0.05, 0.1) is 27.0 Å². The maximum atomic E-state index is 9.48. The first kappa shape index (κ1) is 17.6. The van der Waals surface area contributed by atoms with E-state index in [1.54, 1.807) is 27.4 Å². The van der Waals surface area contributed by atoms with Crippen molar-refractivity contribution in [2.75, 3.05) is 27.1 Å². The van der Waals surface area contributed by atoms with Crippen molar-refractivity contribution in [2.24, 2.45) is 0 Å². The van der Waals surface area contributed by atoms with E-state index in [1.165, 1.54) is 11.3 Å². The average molecular weight is 367 g/mol. The highest BCUT2D eigenvalue weighted by Crippen LogP contribution is 2.45. The minimum absolute atomic E-state index is 0.172. The maximum Gasteiger partial charge on any atom is 0.203 e. The predicted octanol–water partition coefficient (Wildman–Crippen LogP) is 3.96. The molecule has 0 unspecified atom stereocenters. The number of nitrogens with two attached hydrogens (primary N) is 1. The second-order valence-electron chi connectivity index (χ2n) is 5.29. The monoisotopic (exact) mass is 367 g/mol. The molecule has 0 saturated heterocycles. The van der Waals surface area contributed by atoms with Crippen LogP contribution in [-0.4, -0.2) is 26.3 Å². The molecule has 0 spiro atoms. The van der Waals surface area contributed by atoms with Gasteiger partial charge < -0.3 is 19.9 Å². The summed E-state index contributed by atoms with van der Waals surface area (Å²) in [7, 11) is 4.65. The molecule has 26 heavy (non-hydrogen) atoms. The Kier molecular flexibility index (Phi) is 4.96. The van der Waals surface area contributed by atoms with Gasteiger partial charge >= 0.3 is 0 Å². The summed E-state index contributed by atoms with van der Waals surface area (Å²) in [5.41, 5.74) is 8.44. The Labute approximate surface area is 155 Å². The number of nitrogens with zero attached hydrogens (tertiary/aromatic N) is 2. The van der Waals surface area contributed by atoms with E-state index in [2.05, 4.69) is 11.1 Å². The van der Waals surface area contributed by atoms with Crippen molar-refractivity contribution < 1.29 is 14.2 Å². The summed E-state index contributed by atoms with van der Waals surface area (Å²) in [5, 5.41) is 11.4. The van der Waals surface area contributed by atoms with Crippen molar-refractivity contribution in [1.29, 1.82) is 5.26 Å². The van der Waals surface area contributed by atoms with E-state index < -0.39 is 0 Å². The standard InChI is InChI=1S/C19H17N3O3S/c1-23-15-7-6-11(17(24-2)18(15)25-3)14-9-12(16-5-4-8-26-16)13(10-20)19(21)22-14/h4-9H,1-3H3,(H2,21,22). The molecule has 3 aromatic rings. The molecule has 6 nitrogen and oxygen atoms in total. The highest BCUT2D eigenvalue weighted by Gasteiger charge is 2.20. The zero-order chi connectivity index (χ0) is 18.7. The molecule has 0 aliphatic rings. The van der Waals surface area contributed by atoms with E-state index in [-0.39, 0.29) is 5.82 Å². The summed E-state index contributed by atoms with van der Waals surface area (Å²) < 4.78 is 16.3. The molecule has 2 aromatic heterocycles. The highest BCUT2D eigenvalue weighted by atomic mass is 32.1. The van der Waals surface area contributed by atoms with Crippen molar-refractivity contribution in [1.82, 2.24) is 4.98 Å². The van der Waals surface area contributed by atoms with E-state index in [9.17, 15) is 5.26 Å². The largest absolute Gasteiger partial charge is 0.493 e. The van der Waals surface area contributed by atoms with Gasteiger partial charge in [-0.25, -0.2) is 4.98 Å². The first-order valence-electron chi connectivity index (χ1n) is 7.68. The van der Waals surface area contributed by atoms with E-state index in [1.807, 2.05) is 29.6 Å². The number of rotatable bonds is 5. The number of nitriles is 1. The van der Waals surface area contributed by atoms with Crippen LogP contribution in [0.1, 0.15) is 5.56 Å². The number of thiophene rings is 1. The highest BCUT2D eigenvalue weighted by molar-refractivity contribution is 7.13. The van der Waals surface area contributed by atoms with Crippen molar-refractivity contribution >= 4 is 17.2 Å². The van der Waals surface area contributed by atoms with E-state index in [0.29, 0.717) is 34.1 Å². The Morgan fingerprint density at radius 3 is 2.38 bits per heavy atom. The molecule has 2 N–H and O–H groups in total. The van der Waals surface area contributed by atoms with Gasteiger partial charge in [-0.05, 0) is 29.6 Å². The Morgan fingerprint density at radius 1 is 1.04 bits per heavy atom. The maximum absolute atomic E-state index is 9.48. The first-order valence-corrected chi connectivity index (χ1v) is 8.56. The number of methoxy groups -OCH3 is 3. The number of ether oxygens (including phenoxy) is 3. The number of aromatic nitrogens is 1. The molecule has 0 bridgehead atoms. The van der Waals surface area contributed by atoms with Crippen LogP contribution in [0.4, 0.5) is 5.82 Å². The van der Waals surface area contributed by atoms with Crippen molar-refractivity contribution in [3.05, 3.63) is 41.3 Å². The fourth-order valence-corrected chi connectivity index (χ4v) is 3.50. The summed E-state index contributed by atoms with van der Waals surface area (Å²) in [4.78, 5) is 5.35. The number of benzene rings is 1. The zero-order valence-electron chi connectivity index (χ0n) is 14.6. The lowest BCUT2D eigenvalue weighted by molar-refractivity contribution is 0.325. The Balaban J connectivity index is 2.27. The normalized spacial score (nSPS) is 10.2. The van der Waals surface area contributed by atoms with Crippen LogP contribution in [0.3, 0.4) is 0 Å². The summed E-state index contributed by atoms with van der Waals surface area (Å²) in [6.07, 6.45) is 0. The number of anilines is 1. The van der Waals surface area contributed by atoms with Crippen molar-refractivity contribution in [3.63, 3.8) is 0 Å². The number of pyridine rings is 1. The number of nitrogen functional groups attached to an aromatic ring is 1. The third kappa shape index (κ3) is 2.91. The van der Waals surface area contributed by atoms with E-state index >= 15 is 0 Å². The lowest BCUT2D eigenvalue weighted by atomic mass is 10.0. The van der Waals surface area contributed by atoms with Gasteiger partial charge in [-0.2, -0.15) is 5.26 Å². The fraction of sp³-hybridized carbons (Fsp3) is 0.158. The first-order chi connectivity index (χ1) is 12.6. The molecule has 1 aromatic carbocycles. The van der Waals surface area contributed by atoms with Gasteiger partial charge in [0.25, 0.3) is 0 Å². The van der Waals surface area contributed by atoms with Gasteiger partial charge in [0.2, 0.25) is 5.75 Å². The average Bonchev–Trinajstić information content (AvgIpc) is 3.20. The van der Waals surface area contributed by atoms with Gasteiger partial charge in [-0.3, -0.25) is 0 Å². The van der Waals surface area contributed by atoms with Crippen LogP contribution in [-0.2, 0) is 0 Å². The van der Waals surface area contributed by atoms with Crippen LogP contribution in [0.5, 0.6) is 17.2 Å². The van der Waals surface area contributed by atoms with Crippen LogP contribution in [0.15, 0.2) is 35.7 Å². The summed E-state index contributed by atoms with van der Waals surface area (Å²) >= 11 is 1.53.